The van der Waals surface area contributed by atoms with Crippen LogP contribution in [-0.4, -0.2) is 17.5 Å². The molecule has 3 rings (SSSR count). The lowest BCUT2D eigenvalue weighted by atomic mass is 9.43. The van der Waals surface area contributed by atoms with Crippen LogP contribution in [0.1, 0.15) is 65.7 Å². The van der Waals surface area contributed by atoms with Gasteiger partial charge in [-0.05, 0) is 60.8 Å². The van der Waals surface area contributed by atoms with Gasteiger partial charge in [-0.2, -0.15) is 0 Å². The van der Waals surface area contributed by atoms with E-state index in [4.69, 9.17) is 0 Å². The van der Waals surface area contributed by atoms with Crippen molar-refractivity contribution in [2.24, 2.45) is 29.1 Å². The van der Waals surface area contributed by atoms with Crippen molar-refractivity contribution < 1.29 is 9.90 Å². The fraction of sp³-hybridized carbons (Fsp3) is 0.842. The van der Waals surface area contributed by atoms with Crippen molar-refractivity contribution in [2.45, 2.75) is 65.7 Å². The molecule has 0 aliphatic heterocycles. The van der Waals surface area contributed by atoms with E-state index in [0.717, 1.165) is 37.5 Å². The lowest BCUT2D eigenvalue weighted by Crippen LogP contribution is -2.55. The van der Waals surface area contributed by atoms with E-state index in [9.17, 15) is 9.90 Å². The zero-order valence-corrected chi connectivity index (χ0v) is 14.0. The third-order valence-corrected chi connectivity index (χ3v) is 6.19. The minimum absolute atomic E-state index is 0.275. The van der Waals surface area contributed by atoms with Crippen LogP contribution in [0, 0.1) is 29.1 Å². The molecular weight excluding hydrogens is 260 g/mol. The lowest BCUT2D eigenvalue weighted by molar-refractivity contribution is -0.128. The van der Waals surface area contributed by atoms with Crippen molar-refractivity contribution in [3.8, 4) is 0 Å². The van der Waals surface area contributed by atoms with Crippen LogP contribution in [-0.2, 0) is 4.79 Å². The molecule has 0 aromatic carbocycles. The van der Waals surface area contributed by atoms with Gasteiger partial charge in [0.05, 0.1) is 0 Å². The van der Waals surface area contributed by atoms with Crippen LogP contribution in [0.15, 0.2) is 12.2 Å². The van der Waals surface area contributed by atoms with Gasteiger partial charge in [0.25, 0.3) is 0 Å². The van der Waals surface area contributed by atoms with Crippen molar-refractivity contribution in [1.29, 1.82) is 0 Å². The van der Waals surface area contributed by atoms with E-state index >= 15 is 0 Å². The SMILES string of the molecule is CCCCCC(=O)C=CC1C[C@@H]2C[C@@H](C1CCO)C2(C)C. The second kappa shape index (κ2) is 7.09. The molecule has 21 heavy (non-hydrogen) atoms. The van der Waals surface area contributed by atoms with E-state index in [1.807, 2.05) is 6.08 Å². The highest BCUT2D eigenvalue weighted by molar-refractivity contribution is 5.89. The van der Waals surface area contributed by atoms with Crippen LogP contribution in [0.5, 0.6) is 0 Å². The number of carbonyl (C=O) groups is 1. The molecule has 0 spiro atoms. The van der Waals surface area contributed by atoms with Gasteiger partial charge in [-0.1, -0.05) is 39.7 Å². The maximum Gasteiger partial charge on any atom is 0.155 e. The van der Waals surface area contributed by atoms with Crippen molar-refractivity contribution in [3.05, 3.63) is 12.2 Å². The molecule has 3 saturated carbocycles. The van der Waals surface area contributed by atoms with Crippen LogP contribution in [0.25, 0.3) is 0 Å². The number of allylic oxidation sites excluding steroid dienone is 2. The quantitative estimate of drug-likeness (QED) is 0.532. The second-order valence-corrected chi connectivity index (χ2v) is 7.72. The molecule has 2 unspecified atom stereocenters. The maximum absolute atomic E-state index is 11.9. The van der Waals surface area contributed by atoms with Crippen LogP contribution in [0.2, 0.25) is 0 Å². The molecule has 1 N–H and O–H groups in total. The van der Waals surface area contributed by atoms with E-state index in [2.05, 4.69) is 26.8 Å². The molecule has 2 bridgehead atoms. The summed E-state index contributed by atoms with van der Waals surface area (Å²) >= 11 is 0. The lowest BCUT2D eigenvalue weighted by Gasteiger charge is -2.62. The van der Waals surface area contributed by atoms with Gasteiger partial charge >= 0.3 is 0 Å². The standard InChI is InChI=1S/C19H32O2/c1-4-5-6-7-16(21)9-8-14-12-15-13-18(19(15,2)3)17(14)10-11-20/h8-9,14-15,17-18,20H,4-7,10-13H2,1-3H3/t14?,15-,17?,18+/m1/s1. The number of hydrogen-bond acceptors (Lipinski definition) is 2. The first-order valence-corrected chi connectivity index (χ1v) is 8.82. The number of hydrogen-bond donors (Lipinski definition) is 1. The minimum atomic E-state index is 0.275. The van der Waals surface area contributed by atoms with E-state index < -0.39 is 0 Å². The molecule has 3 aliphatic carbocycles. The summed E-state index contributed by atoms with van der Waals surface area (Å²) in [5, 5.41) is 9.37. The topological polar surface area (TPSA) is 37.3 Å². The van der Waals surface area contributed by atoms with Gasteiger partial charge in [0, 0.05) is 13.0 Å². The average Bonchev–Trinajstić information content (AvgIpc) is 2.46. The number of rotatable bonds is 8. The highest BCUT2D eigenvalue weighted by Crippen LogP contribution is 2.63. The summed E-state index contributed by atoms with van der Waals surface area (Å²) in [6.07, 6.45) is 11.4. The van der Waals surface area contributed by atoms with Crippen LogP contribution >= 0.6 is 0 Å². The van der Waals surface area contributed by atoms with Crippen LogP contribution in [0.3, 0.4) is 0 Å². The Balaban J connectivity index is 1.91. The molecule has 0 radical (unpaired) electrons. The summed E-state index contributed by atoms with van der Waals surface area (Å²) < 4.78 is 0. The number of aliphatic hydroxyl groups is 1. The molecule has 0 aromatic heterocycles. The molecule has 3 fully saturated rings. The molecule has 4 atom stereocenters. The van der Waals surface area contributed by atoms with Gasteiger partial charge in [-0.15, -0.1) is 0 Å². The second-order valence-electron chi connectivity index (χ2n) is 7.72. The number of fused-ring (bicyclic) bond motifs is 2. The zero-order valence-electron chi connectivity index (χ0n) is 14.0. The monoisotopic (exact) mass is 292 g/mol. The Hall–Kier alpha value is -0.630. The molecule has 0 amide bonds. The van der Waals surface area contributed by atoms with Gasteiger partial charge in [0.1, 0.15) is 0 Å². The highest BCUT2D eigenvalue weighted by Gasteiger charge is 2.56. The fourth-order valence-electron chi connectivity index (χ4n) is 4.63. The first-order chi connectivity index (χ1) is 10.0. The third-order valence-electron chi connectivity index (χ3n) is 6.19. The molecule has 0 aromatic rings. The number of unbranched alkanes of at least 4 members (excludes halogenated alkanes) is 2. The Bertz CT molecular complexity index is 383. The summed E-state index contributed by atoms with van der Waals surface area (Å²) in [5.41, 5.74) is 0.440. The van der Waals surface area contributed by atoms with Crippen molar-refractivity contribution >= 4 is 5.78 Å². The molecule has 0 saturated heterocycles. The van der Waals surface area contributed by atoms with Gasteiger partial charge in [0.2, 0.25) is 0 Å². The van der Waals surface area contributed by atoms with Gasteiger partial charge in [-0.3, -0.25) is 4.79 Å². The first kappa shape index (κ1) is 16.7. The summed E-state index contributed by atoms with van der Waals surface area (Å²) in [6.45, 7) is 7.20. The Morgan fingerprint density at radius 3 is 2.67 bits per heavy atom. The summed E-state index contributed by atoms with van der Waals surface area (Å²) in [5.74, 6) is 2.89. The normalized spacial score (nSPS) is 33.9. The number of carbonyl (C=O) groups excluding carboxylic acids is 1. The smallest absolute Gasteiger partial charge is 0.155 e. The Morgan fingerprint density at radius 2 is 2.05 bits per heavy atom. The summed E-state index contributed by atoms with van der Waals surface area (Å²) in [4.78, 5) is 11.9. The fourth-order valence-corrected chi connectivity index (χ4v) is 4.63. The Kier molecular flexibility index (Phi) is 5.65. The highest BCUT2D eigenvalue weighted by atomic mass is 16.3. The minimum Gasteiger partial charge on any atom is -0.396 e. The number of ketones is 1. The van der Waals surface area contributed by atoms with Crippen LogP contribution in [0.4, 0.5) is 0 Å². The van der Waals surface area contributed by atoms with E-state index in [0.29, 0.717) is 23.7 Å². The van der Waals surface area contributed by atoms with Crippen molar-refractivity contribution in [1.82, 2.24) is 0 Å². The van der Waals surface area contributed by atoms with Crippen molar-refractivity contribution in [2.75, 3.05) is 6.61 Å². The molecular formula is C19H32O2. The predicted molar refractivity (Wildman–Crippen MR) is 87.0 cm³/mol. The summed E-state index contributed by atoms with van der Waals surface area (Å²) in [6, 6.07) is 0. The third kappa shape index (κ3) is 3.59. The number of aliphatic hydroxyl groups excluding tert-OH is 1. The average molecular weight is 292 g/mol. The van der Waals surface area contributed by atoms with Gasteiger partial charge < -0.3 is 5.11 Å². The van der Waals surface area contributed by atoms with E-state index in [1.165, 1.54) is 12.8 Å². The predicted octanol–water partition coefficient (Wildman–Crippen LogP) is 4.37. The van der Waals surface area contributed by atoms with Crippen LogP contribution < -0.4 is 0 Å². The molecule has 3 aliphatic rings. The Labute approximate surface area is 130 Å². The maximum atomic E-state index is 11.9. The first-order valence-electron chi connectivity index (χ1n) is 8.82. The summed E-state index contributed by atoms with van der Waals surface area (Å²) in [7, 11) is 0. The zero-order chi connectivity index (χ0) is 15.5. The van der Waals surface area contributed by atoms with Crippen molar-refractivity contribution in [3.63, 3.8) is 0 Å². The van der Waals surface area contributed by atoms with Gasteiger partial charge in [0.15, 0.2) is 5.78 Å². The molecule has 120 valence electrons. The van der Waals surface area contributed by atoms with E-state index in [1.54, 1.807) is 0 Å². The molecule has 2 heteroatoms. The van der Waals surface area contributed by atoms with Gasteiger partial charge in [-0.25, -0.2) is 0 Å². The van der Waals surface area contributed by atoms with E-state index in [-0.39, 0.29) is 12.4 Å². The molecule has 0 heterocycles. The molecule has 2 nitrogen and oxygen atoms in total. The Morgan fingerprint density at radius 1 is 1.29 bits per heavy atom. The largest absolute Gasteiger partial charge is 0.396 e.